The Morgan fingerprint density at radius 3 is 2.89 bits per heavy atom. The molecule has 0 radical (unpaired) electrons. The zero-order valence-electron chi connectivity index (χ0n) is 15.2. The van der Waals surface area contributed by atoms with Gasteiger partial charge in [-0.25, -0.2) is 9.97 Å². The van der Waals surface area contributed by atoms with Gasteiger partial charge in [0.15, 0.2) is 0 Å². The maximum absolute atomic E-state index is 12.4. The fraction of sp³-hybridized carbons (Fsp3) is 0.190. The minimum absolute atomic E-state index is 0.170. The predicted octanol–water partition coefficient (Wildman–Crippen LogP) is 3.65. The summed E-state index contributed by atoms with van der Waals surface area (Å²) in [6.45, 7) is 3.98. The van der Waals surface area contributed by atoms with E-state index in [1.165, 1.54) is 0 Å². The summed E-state index contributed by atoms with van der Waals surface area (Å²) in [5.41, 5.74) is 4.08. The lowest BCUT2D eigenvalue weighted by Crippen LogP contribution is -2.12. The van der Waals surface area contributed by atoms with Crippen molar-refractivity contribution in [3.63, 3.8) is 0 Å². The van der Waals surface area contributed by atoms with Crippen LogP contribution in [0.3, 0.4) is 0 Å². The van der Waals surface area contributed by atoms with Crippen molar-refractivity contribution in [3.8, 4) is 6.07 Å². The molecule has 2 aromatic heterocycles. The molecule has 0 unspecified atom stereocenters. The first-order valence-electron chi connectivity index (χ1n) is 8.60. The maximum atomic E-state index is 12.4. The van der Waals surface area contributed by atoms with Crippen LogP contribution < -0.4 is 5.32 Å². The van der Waals surface area contributed by atoms with Crippen LogP contribution in [0.25, 0.3) is 0 Å². The number of nitrogens with zero attached hydrogens (tertiary/aromatic N) is 4. The number of amides is 1. The van der Waals surface area contributed by atoms with Gasteiger partial charge in [-0.3, -0.25) is 9.78 Å². The highest BCUT2D eigenvalue weighted by atomic mass is 16.1. The summed E-state index contributed by atoms with van der Waals surface area (Å²) in [7, 11) is 0. The highest BCUT2D eigenvalue weighted by molar-refractivity contribution is 6.04. The molecule has 0 aliphatic carbocycles. The summed E-state index contributed by atoms with van der Waals surface area (Å²) in [5.74, 6) is 0.155. The number of hydrogen-bond donors (Lipinski definition) is 1. The molecule has 1 amide bonds. The lowest BCUT2D eigenvalue weighted by Gasteiger charge is -2.13. The quantitative estimate of drug-likeness (QED) is 0.752. The van der Waals surface area contributed by atoms with Crippen LogP contribution in [-0.4, -0.2) is 20.9 Å². The number of aryl methyl sites for hydroxylation is 1. The monoisotopic (exact) mass is 357 g/mol. The Morgan fingerprint density at radius 1 is 1.26 bits per heavy atom. The third-order valence-electron chi connectivity index (χ3n) is 4.18. The third kappa shape index (κ3) is 4.73. The number of nitrogens with one attached hydrogen (secondary N) is 1. The highest BCUT2D eigenvalue weighted by Crippen LogP contribution is 2.23. The van der Waals surface area contributed by atoms with Crippen LogP contribution in [0.15, 0.2) is 55.0 Å². The molecule has 3 aromatic rings. The second-order valence-electron chi connectivity index (χ2n) is 6.42. The van der Waals surface area contributed by atoms with Crippen LogP contribution in [0.2, 0.25) is 0 Å². The smallest absolute Gasteiger partial charge is 0.257 e. The fourth-order valence-electron chi connectivity index (χ4n) is 2.80. The number of hydrogen-bond acceptors (Lipinski definition) is 5. The van der Waals surface area contributed by atoms with Crippen LogP contribution in [0.5, 0.6) is 0 Å². The maximum Gasteiger partial charge on any atom is 0.257 e. The van der Waals surface area contributed by atoms with Crippen molar-refractivity contribution < 1.29 is 4.79 Å². The van der Waals surface area contributed by atoms with Crippen LogP contribution in [-0.2, 0) is 6.42 Å². The zero-order valence-corrected chi connectivity index (χ0v) is 15.2. The van der Waals surface area contributed by atoms with Gasteiger partial charge in [0.1, 0.15) is 6.07 Å². The number of pyridine rings is 1. The van der Waals surface area contributed by atoms with E-state index >= 15 is 0 Å². The van der Waals surface area contributed by atoms with Crippen molar-refractivity contribution in [2.45, 2.75) is 26.2 Å². The van der Waals surface area contributed by atoms with Gasteiger partial charge in [-0.15, -0.1) is 0 Å². The highest BCUT2D eigenvalue weighted by Gasteiger charge is 2.11. The molecule has 0 saturated carbocycles. The molecule has 3 rings (SSSR count). The Morgan fingerprint density at radius 2 is 2.11 bits per heavy atom. The molecule has 1 atom stereocenters. The Kier molecular flexibility index (Phi) is 5.53. The average Bonchev–Trinajstić information content (AvgIpc) is 2.68. The van der Waals surface area contributed by atoms with Crippen molar-refractivity contribution in [2.24, 2.45) is 0 Å². The second kappa shape index (κ2) is 8.19. The molecular formula is C21H19N5O. The molecule has 2 heterocycles. The Labute approximate surface area is 157 Å². The second-order valence-corrected chi connectivity index (χ2v) is 6.42. The predicted molar refractivity (Wildman–Crippen MR) is 102 cm³/mol. The first-order chi connectivity index (χ1) is 13.0. The SMILES string of the molecule is Cc1cncc(C(=O)Nc2cccc([C@H](C)Cc3ccnc(C#N)n3)c2)c1. The molecule has 0 aliphatic heterocycles. The summed E-state index contributed by atoms with van der Waals surface area (Å²) in [4.78, 5) is 24.6. The third-order valence-corrected chi connectivity index (χ3v) is 4.18. The van der Waals surface area contributed by atoms with Crippen molar-refractivity contribution in [1.82, 2.24) is 15.0 Å². The van der Waals surface area contributed by atoms with Gasteiger partial charge in [0.25, 0.3) is 5.91 Å². The molecule has 1 N–H and O–H groups in total. The molecule has 0 spiro atoms. The molecule has 0 aliphatic rings. The molecule has 6 heteroatoms. The van der Waals surface area contributed by atoms with Gasteiger partial charge in [-0.05, 0) is 54.7 Å². The van der Waals surface area contributed by atoms with Crippen molar-refractivity contribution >= 4 is 11.6 Å². The van der Waals surface area contributed by atoms with E-state index in [4.69, 9.17) is 5.26 Å². The minimum Gasteiger partial charge on any atom is -0.322 e. The van der Waals surface area contributed by atoms with Crippen LogP contribution >= 0.6 is 0 Å². The summed E-state index contributed by atoms with van der Waals surface area (Å²) in [6.07, 6.45) is 5.54. The number of rotatable bonds is 5. The Balaban J connectivity index is 1.72. The first-order valence-corrected chi connectivity index (χ1v) is 8.60. The number of carbonyl (C=O) groups excluding carboxylic acids is 1. The van der Waals surface area contributed by atoms with E-state index in [1.807, 2.05) is 43.3 Å². The number of aromatic nitrogens is 3. The molecular weight excluding hydrogens is 338 g/mol. The van der Waals surface area contributed by atoms with E-state index < -0.39 is 0 Å². The summed E-state index contributed by atoms with van der Waals surface area (Å²) in [6, 6.07) is 13.3. The van der Waals surface area contributed by atoms with E-state index in [1.54, 1.807) is 24.7 Å². The minimum atomic E-state index is -0.189. The Bertz CT molecular complexity index is 1010. The summed E-state index contributed by atoms with van der Waals surface area (Å²) in [5, 5.41) is 11.8. The summed E-state index contributed by atoms with van der Waals surface area (Å²) >= 11 is 0. The van der Waals surface area contributed by atoms with Gasteiger partial charge >= 0.3 is 0 Å². The van der Waals surface area contributed by atoms with Gasteiger partial charge in [0, 0.05) is 30.0 Å². The molecule has 0 saturated heterocycles. The van der Waals surface area contributed by atoms with E-state index in [0.29, 0.717) is 12.0 Å². The van der Waals surface area contributed by atoms with Gasteiger partial charge < -0.3 is 5.32 Å². The van der Waals surface area contributed by atoms with Crippen molar-refractivity contribution in [2.75, 3.05) is 5.32 Å². The van der Waals surface area contributed by atoms with Gasteiger partial charge in [0.05, 0.1) is 5.56 Å². The molecule has 6 nitrogen and oxygen atoms in total. The average molecular weight is 357 g/mol. The number of anilines is 1. The van der Waals surface area contributed by atoms with Gasteiger partial charge in [-0.1, -0.05) is 19.1 Å². The normalized spacial score (nSPS) is 11.4. The standard InChI is InChI=1S/C21H19N5O/c1-14-8-17(13-23-12-14)21(27)26-18-5-3-4-16(10-18)15(2)9-19-6-7-24-20(11-22)25-19/h3-8,10,12-13,15H,9H2,1-2H3,(H,26,27)/t15-/m1/s1. The van der Waals surface area contributed by atoms with E-state index in [9.17, 15) is 4.79 Å². The van der Waals surface area contributed by atoms with Crippen molar-refractivity contribution in [3.05, 3.63) is 83.2 Å². The molecule has 134 valence electrons. The number of benzene rings is 1. The van der Waals surface area contributed by atoms with E-state index in [-0.39, 0.29) is 17.6 Å². The van der Waals surface area contributed by atoms with Crippen LogP contribution in [0.1, 0.15) is 45.8 Å². The summed E-state index contributed by atoms with van der Waals surface area (Å²) < 4.78 is 0. The van der Waals surface area contributed by atoms with E-state index in [2.05, 4.69) is 27.2 Å². The Hall–Kier alpha value is -3.59. The number of nitriles is 1. The van der Waals surface area contributed by atoms with Crippen LogP contribution in [0, 0.1) is 18.3 Å². The van der Waals surface area contributed by atoms with Gasteiger partial charge in [0.2, 0.25) is 5.82 Å². The largest absolute Gasteiger partial charge is 0.322 e. The lowest BCUT2D eigenvalue weighted by molar-refractivity contribution is 0.102. The van der Waals surface area contributed by atoms with Gasteiger partial charge in [-0.2, -0.15) is 5.26 Å². The molecule has 0 fully saturated rings. The molecule has 1 aromatic carbocycles. The fourth-order valence-corrected chi connectivity index (χ4v) is 2.80. The lowest BCUT2D eigenvalue weighted by atomic mass is 9.95. The van der Waals surface area contributed by atoms with Crippen LogP contribution in [0.4, 0.5) is 5.69 Å². The van der Waals surface area contributed by atoms with Crippen molar-refractivity contribution in [1.29, 1.82) is 5.26 Å². The molecule has 27 heavy (non-hydrogen) atoms. The van der Waals surface area contributed by atoms with E-state index in [0.717, 1.165) is 22.5 Å². The number of carbonyl (C=O) groups is 1. The topological polar surface area (TPSA) is 91.6 Å². The zero-order chi connectivity index (χ0) is 19.2. The first kappa shape index (κ1) is 18.2. The molecule has 0 bridgehead atoms.